The topological polar surface area (TPSA) is 486 Å². The summed E-state index contributed by atoms with van der Waals surface area (Å²) in [6.45, 7) is -5.91. The zero-order valence-corrected chi connectivity index (χ0v) is 52.5. The summed E-state index contributed by atoms with van der Waals surface area (Å²) < 4.78 is 21.3. The molecule has 0 heterocycles. The van der Waals surface area contributed by atoms with Gasteiger partial charge in [0.05, 0.1) is 84.6 Å². The summed E-state index contributed by atoms with van der Waals surface area (Å²) in [5.41, 5.74) is 9.85. The number of hydrogen-bond acceptors (Lipinski definition) is 25. The number of nitrogens with two attached hydrogens (primary N) is 1. The molecular formula is C58H93N11O23. The zero-order chi connectivity index (χ0) is 68.6. The predicted octanol–water partition coefficient (Wildman–Crippen LogP) is -7.91. The molecule has 0 aliphatic heterocycles. The lowest BCUT2D eigenvalue weighted by Crippen LogP contribution is -2.54. The lowest BCUT2D eigenvalue weighted by atomic mass is 9.98. The van der Waals surface area contributed by atoms with Crippen molar-refractivity contribution in [3.63, 3.8) is 0 Å². The van der Waals surface area contributed by atoms with E-state index in [1.165, 1.54) is 40.1 Å². The molecular weight excluding hydrogens is 1220 g/mol. The Balaban J connectivity index is 1.30. The number of rotatable bonds is 43. The highest BCUT2D eigenvalue weighted by Crippen LogP contribution is 2.44. The van der Waals surface area contributed by atoms with E-state index in [2.05, 4.69) is 21.3 Å². The number of hydrogen-bond donors (Lipinski definition) is 15. The van der Waals surface area contributed by atoms with E-state index in [1.807, 2.05) is 48.5 Å². The summed E-state index contributed by atoms with van der Waals surface area (Å²) in [4.78, 5) is 123. The van der Waals surface area contributed by atoms with E-state index in [-0.39, 0.29) is 84.7 Å². The third-order valence-corrected chi connectivity index (χ3v) is 14.7. The van der Waals surface area contributed by atoms with Crippen LogP contribution in [0.25, 0.3) is 11.1 Å². The number of benzene rings is 2. The monoisotopic (exact) mass is 1310 g/mol. The van der Waals surface area contributed by atoms with Crippen LogP contribution in [0.2, 0.25) is 0 Å². The number of likely N-dealkylation sites (N-methyl/N-ethyl adjacent to an activating group) is 5. The van der Waals surface area contributed by atoms with Crippen LogP contribution < -0.4 is 27.0 Å². The average Bonchev–Trinajstić information content (AvgIpc) is 1.64. The number of nitrogens with zero attached hydrogens (tertiary/aromatic N) is 6. The molecule has 34 nitrogen and oxygen atoms in total. The molecule has 9 amide bonds. The van der Waals surface area contributed by atoms with Crippen molar-refractivity contribution in [2.24, 2.45) is 5.73 Å². The standard InChI is InChI=1S/C58H93N11O23/c1-64(28-46(76)60-18-20-89-21-22-90-23-24-91-57(87)61-17-19-69(26-42(72)52(82)54(84)44(74)33-70)27-43(73)53(83)55(85)45(75)34-71)50(80)31-67(4)51(81)32-68(5)56(86)41(15-10-16-59)63-47(77)29-65(2)49(79)30-66(3)48(78)25-62-58(88)92-35-40-38-13-8-6-11-36(38)37-12-7-9-14-39(37)40/h6-9,11-14,40-45,52-55,70-75,82-85H,10,15-35,59H2,1-5H3,(H,60,76)(H,61,87)(H,62,88)(H,63,77)/t41?,42-,43-,44+,45+,52+,53+,54+,55+/m0/s1. The third kappa shape index (κ3) is 26.7. The molecule has 0 aromatic heterocycles. The molecule has 0 spiro atoms. The summed E-state index contributed by atoms with van der Waals surface area (Å²) in [6.07, 6.45) is -16.5. The number of fused-ring (bicyclic) bond motifs is 3. The second kappa shape index (κ2) is 41.3. The van der Waals surface area contributed by atoms with Crippen LogP contribution in [-0.2, 0) is 52.5 Å². The van der Waals surface area contributed by atoms with E-state index in [9.17, 15) is 84.0 Å². The van der Waals surface area contributed by atoms with Gasteiger partial charge in [-0.05, 0) is 41.6 Å². The molecule has 0 radical (unpaired) electrons. The fourth-order valence-electron chi connectivity index (χ4n) is 9.18. The van der Waals surface area contributed by atoms with E-state index >= 15 is 0 Å². The van der Waals surface area contributed by atoms with Gasteiger partial charge in [0.25, 0.3) is 0 Å². The Morgan fingerprint density at radius 3 is 1.48 bits per heavy atom. The highest BCUT2D eigenvalue weighted by Gasteiger charge is 2.35. The van der Waals surface area contributed by atoms with Gasteiger partial charge in [-0.2, -0.15) is 0 Å². The van der Waals surface area contributed by atoms with Gasteiger partial charge in [-0.1, -0.05) is 48.5 Å². The molecule has 16 N–H and O–H groups in total. The summed E-state index contributed by atoms with van der Waals surface area (Å²) in [6, 6.07) is 14.5. The molecule has 1 aliphatic carbocycles. The molecule has 0 fully saturated rings. The number of alkyl carbamates (subject to hydrolysis) is 2. The molecule has 1 aliphatic rings. The number of carbonyl (C=O) groups is 9. The van der Waals surface area contributed by atoms with Gasteiger partial charge < -0.3 is 122 Å². The van der Waals surface area contributed by atoms with Crippen LogP contribution in [0.15, 0.2) is 48.5 Å². The Morgan fingerprint density at radius 2 is 0.957 bits per heavy atom. The molecule has 1 unspecified atom stereocenters. The van der Waals surface area contributed by atoms with Crippen molar-refractivity contribution in [1.82, 2.24) is 50.7 Å². The number of nitrogens with one attached hydrogen (secondary N) is 4. The zero-order valence-electron chi connectivity index (χ0n) is 52.5. The van der Waals surface area contributed by atoms with Gasteiger partial charge in [0, 0.05) is 73.9 Å². The van der Waals surface area contributed by atoms with Crippen LogP contribution >= 0.6 is 0 Å². The third-order valence-electron chi connectivity index (χ3n) is 14.7. The fraction of sp³-hybridized carbons (Fsp3) is 0.638. The predicted molar refractivity (Wildman–Crippen MR) is 324 cm³/mol. The molecule has 0 bridgehead atoms. The van der Waals surface area contributed by atoms with Crippen LogP contribution in [0, 0.1) is 0 Å². The Morgan fingerprint density at radius 1 is 0.511 bits per heavy atom. The van der Waals surface area contributed by atoms with Crippen molar-refractivity contribution >= 4 is 53.5 Å². The van der Waals surface area contributed by atoms with Gasteiger partial charge in [-0.3, -0.25) is 38.5 Å². The smallest absolute Gasteiger partial charge is 0.407 e. The molecule has 34 heteroatoms. The van der Waals surface area contributed by atoms with Gasteiger partial charge in [-0.15, -0.1) is 0 Å². The van der Waals surface area contributed by atoms with E-state index in [1.54, 1.807) is 0 Å². The van der Waals surface area contributed by atoms with Gasteiger partial charge in [-0.25, -0.2) is 9.59 Å². The maximum absolute atomic E-state index is 13.6. The molecule has 0 saturated heterocycles. The van der Waals surface area contributed by atoms with E-state index in [0.717, 1.165) is 46.8 Å². The van der Waals surface area contributed by atoms with Crippen molar-refractivity contribution in [1.29, 1.82) is 0 Å². The normalized spacial score (nSPS) is 14.8. The van der Waals surface area contributed by atoms with Crippen LogP contribution in [0.1, 0.15) is 29.9 Å². The maximum atomic E-state index is 13.6. The first-order valence-electron chi connectivity index (χ1n) is 29.7. The quantitative estimate of drug-likeness (QED) is 0.0274. The van der Waals surface area contributed by atoms with Crippen molar-refractivity contribution < 1.29 is 113 Å². The highest BCUT2D eigenvalue weighted by atomic mass is 16.6. The first-order valence-corrected chi connectivity index (χ1v) is 29.7. The Kier molecular flexibility index (Phi) is 35.5. The van der Waals surface area contributed by atoms with Crippen molar-refractivity contribution in [3.05, 3.63) is 59.7 Å². The molecule has 92 heavy (non-hydrogen) atoms. The largest absolute Gasteiger partial charge is 0.449 e. The van der Waals surface area contributed by atoms with Crippen LogP contribution in [-0.4, -0.2) is 356 Å². The molecule has 0 saturated carbocycles. The van der Waals surface area contributed by atoms with Crippen LogP contribution in [0.4, 0.5) is 9.59 Å². The summed E-state index contributed by atoms with van der Waals surface area (Å²) >= 11 is 0. The van der Waals surface area contributed by atoms with E-state index in [4.69, 9.17) is 34.9 Å². The fourth-order valence-corrected chi connectivity index (χ4v) is 9.18. The lowest BCUT2D eigenvalue weighted by molar-refractivity contribution is -0.144. The second-order valence-corrected chi connectivity index (χ2v) is 21.9. The second-order valence-electron chi connectivity index (χ2n) is 21.9. The minimum atomic E-state index is -1.99. The number of ether oxygens (including phenoxy) is 4. The SMILES string of the molecule is CN(CC(=O)NCCOCCOCCOC(=O)NCCN(C[C@H](O)[C@@H](O)[C@H](O)[C@H](O)CO)C[C@H](O)[C@@H](O)[C@H](O)[C@H](O)CO)C(=O)CN(C)C(=O)CN(C)C(=O)C(CCCN)NC(=O)CN(C)C(=O)CN(C)C(=O)CNC(=O)OCC1c2ccccc2-c2ccccc21. The van der Waals surface area contributed by atoms with Gasteiger partial charge in [0.2, 0.25) is 41.4 Å². The minimum absolute atomic E-state index is 0.0381. The summed E-state index contributed by atoms with van der Waals surface area (Å²) in [5, 5.41) is 109. The average molecular weight is 1310 g/mol. The summed E-state index contributed by atoms with van der Waals surface area (Å²) in [5.74, 6) is -4.58. The molecule has 2 aromatic rings. The Labute approximate surface area is 532 Å². The number of aliphatic hydroxyl groups is 10. The first kappa shape index (κ1) is 78.9. The Bertz CT molecular complexity index is 2590. The molecule has 518 valence electrons. The van der Waals surface area contributed by atoms with Crippen LogP contribution in [0.3, 0.4) is 0 Å². The van der Waals surface area contributed by atoms with Crippen molar-refractivity contribution in [3.8, 4) is 11.1 Å². The minimum Gasteiger partial charge on any atom is -0.449 e. The molecule has 3 rings (SSSR count). The van der Waals surface area contributed by atoms with Gasteiger partial charge in [0.1, 0.15) is 62.4 Å². The van der Waals surface area contributed by atoms with Gasteiger partial charge in [0.15, 0.2) is 0 Å². The van der Waals surface area contributed by atoms with E-state index in [0.29, 0.717) is 6.42 Å². The molecule has 9 atom stereocenters. The first-order chi connectivity index (χ1) is 43.6. The highest BCUT2D eigenvalue weighted by molar-refractivity contribution is 5.94. The molecule has 2 aromatic carbocycles. The van der Waals surface area contributed by atoms with Crippen molar-refractivity contribution in [2.45, 2.75) is 73.6 Å². The van der Waals surface area contributed by atoms with E-state index < -0.39 is 167 Å². The van der Waals surface area contributed by atoms with Gasteiger partial charge >= 0.3 is 12.2 Å². The maximum Gasteiger partial charge on any atom is 0.407 e. The lowest BCUT2D eigenvalue weighted by Gasteiger charge is -2.33. The Hall–Kier alpha value is -7.29. The number of aliphatic hydroxyl groups excluding tert-OH is 10. The van der Waals surface area contributed by atoms with Crippen LogP contribution in [0.5, 0.6) is 0 Å². The number of carbonyl (C=O) groups excluding carboxylic acids is 9. The number of amides is 9. The summed E-state index contributed by atoms with van der Waals surface area (Å²) in [7, 11) is 6.69. The van der Waals surface area contributed by atoms with Crippen molar-refractivity contribution in [2.75, 3.05) is 167 Å².